The number of hydrogen-bond donors (Lipinski definition) is 2. The quantitative estimate of drug-likeness (QED) is 0.301. The third kappa shape index (κ3) is 5.80. The van der Waals surface area contributed by atoms with E-state index in [1.54, 1.807) is 7.05 Å². The van der Waals surface area contributed by atoms with E-state index >= 15 is 0 Å². The van der Waals surface area contributed by atoms with E-state index in [4.69, 9.17) is 4.52 Å². The SMILES string of the molecule is CN=C(NCc1noc(C(C)(C)C)n1)NCc1ccccc1-n1nc(C)cc1C.I. The normalized spacial score (nSPS) is 11.9. The Labute approximate surface area is 194 Å². The number of aryl methyl sites for hydroxylation is 2. The van der Waals surface area contributed by atoms with Gasteiger partial charge < -0.3 is 15.2 Å². The molecule has 0 spiro atoms. The predicted octanol–water partition coefficient (Wildman–Crippen LogP) is 3.65. The van der Waals surface area contributed by atoms with Crippen LogP contribution in [0.5, 0.6) is 0 Å². The number of halogens is 1. The van der Waals surface area contributed by atoms with Crippen LogP contribution in [0.2, 0.25) is 0 Å². The molecule has 1 aromatic carbocycles. The van der Waals surface area contributed by atoms with Crippen molar-refractivity contribution >= 4 is 29.9 Å². The van der Waals surface area contributed by atoms with Crippen molar-refractivity contribution in [2.75, 3.05) is 7.05 Å². The Morgan fingerprint density at radius 2 is 1.83 bits per heavy atom. The number of para-hydroxylation sites is 1. The van der Waals surface area contributed by atoms with Crippen LogP contribution in [0.4, 0.5) is 0 Å². The topological polar surface area (TPSA) is 93.2 Å². The summed E-state index contributed by atoms with van der Waals surface area (Å²) in [4.78, 5) is 8.72. The molecule has 0 saturated heterocycles. The summed E-state index contributed by atoms with van der Waals surface area (Å²) in [5.74, 6) is 1.88. The predicted molar refractivity (Wildman–Crippen MR) is 128 cm³/mol. The van der Waals surface area contributed by atoms with Gasteiger partial charge in [-0.1, -0.05) is 44.1 Å². The Bertz CT molecular complexity index is 1000. The third-order valence-corrected chi connectivity index (χ3v) is 4.42. The van der Waals surface area contributed by atoms with E-state index in [-0.39, 0.29) is 29.4 Å². The van der Waals surface area contributed by atoms with Crippen molar-refractivity contribution < 1.29 is 4.52 Å². The molecule has 0 radical (unpaired) electrons. The van der Waals surface area contributed by atoms with Crippen LogP contribution in [0.3, 0.4) is 0 Å². The summed E-state index contributed by atoms with van der Waals surface area (Å²) in [6.45, 7) is 11.2. The highest BCUT2D eigenvalue weighted by molar-refractivity contribution is 14.0. The lowest BCUT2D eigenvalue weighted by Crippen LogP contribution is -2.36. The first-order chi connectivity index (χ1) is 13.8. The molecule has 0 amide bonds. The fourth-order valence-electron chi connectivity index (χ4n) is 2.93. The minimum atomic E-state index is -0.169. The first-order valence-electron chi connectivity index (χ1n) is 9.67. The maximum absolute atomic E-state index is 5.33. The largest absolute Gasteiger partial charge is 0.352 e. The number of guanidine groups is 1. The molecule has 0 saturated carbocycles. The van der Waals surface area contributed by atoms with Crippen LogP contribution in [-0.2, 0) is 18.5 Å². The molecule has 0 atom stereocenters. The lowest BCUT2D eigenvalue weighted by molar-refractivity contribution is 0.318. The van der Waals surface area contributed by atoms with E-state index < -0.39 is 0 Å². The summed E-state index contributed by atoms with van der Waals surface area (Å²) < 4.78 is 7.30. The highest BCUT2D eigenvalue weighted by Gasteiger charge is 2.21. The minimum absolute atomic E-state index is 0. The number of nitrogens with one attached hydrogen (secondary N) is 2. The van der Waals surface area contributed by atoms with Crippen LogP contribution in [0.15, 0.2) is 39.8 Å². The van der Waals surface area contributed by atoms with Gasteiger partial charge in [-0.2, -0.15) is 10.1 Å². The number of rotatable bonds is 5. The Balaban J connectivity index is 0.00000320. The lowest BCUT2D eigenvalue weighted by Gasteiger charge is -2.14. The first-order valence-corrected chi connectivity index (χ1v) is 9.67. The number of aliphatic imine (C=N–C) groups is 1. The molecule has 162 valence electrons. The summed E-state index contributed by atoms with van der Waals surface area (Å²) in [7, 11) is 1.74. The van der Waals surface area contributed by atoms with E-state index in [0.29, 0.717) is 30.8 Å². The summed E-state index contributed by atoms with van der Waals surface area (Å²) in [5, 5.41) is 15.2. The molecule has 0 unspecified atom stereocenters. The van der Waals surface area contributed by atoms with Crippen LogP contribution in [0.25, 0.3) is 5.69 Å². The van der Waals surface area contributed by atoms with E-state index in [2.05, 4.69) is 56.0 Å². The minimum Gasteiger partial charge on any atom is -0.352 e. The Morgan fingerprint density at radius 3 is 2.43 bits per heavy atom. The van der Waals surface area contributed by atoms with Crippen molar-refractivity contribution in [1.82, 2.24) is 30.6 Å². The van der Waals surface area contributed by atoms with Crippen LogP contribution < -0.4 is 10.6 Å². The average Bonchev–Trinajstić information content (AvgIpc) is 3.28. The third-order valence-electron chi connectivity index (χ3n) is 4.42. The zero-order valence-electron chi connectivity index (χ0n) is 18.4. The van der Waals surface area contributed by atoms with E-state index in [9.17, 15) is 0 Å². The molecular formula is C21H30IN7O. The van der Waals surface area contributed by atoms with Gasteiger partial charge in [0.1, 0.15) is 0 Å². The molecular weight excluding hydrogens is 493 g/mol. The second-order valence-electron chi connectivity index (χ2n) is 8.01. The van der Waals surface area contributed by atoms with E-state index in [1.165, 1.54) is 0 Å². The first kappa shape index (κ1) is 23.8. The molecule has 9 heteroatoms. The lowest BCUT2D eigenvalue weighted by atomic mass is 9.97. The van der Waals surface area contributed by atoms with Crippen molar-refractivity contribution in [3.8, 4) is 5.69 Å². The van der Waals surface area contributed by atoms with E-state index in [1.807, 2.05) is 44.5 Å². The maximum Gasteiger partial charge on any atom is 0.232 e. The molecule has 3 aromatic rings. The van der Waals surface area contributed by atoms with Crippen LogP contribution in [0.1, 0.15) is 49.4 Å². The molecule has 30 heavy (non-hydrogen) atoms. The number of benzene rings is 1. The van der Waals surface area contributed by atoms with Crippen molar-refractivity contribution in [3.63, 3.8) is 0 Å². The van der Waals surface area contributed by atoms with Crippen LogP contribution in [0, 0.1) is 13.8 Å². The van der Waals surface area contributed by atoms with Gasteiger partial charge in [-0.15, -0.1) is 24.0 Å². The molecule has 0 aliphatic rings. The Hall–Kier alpha value is -2.43. The van der Waals surface area contributed by atoms with Gasteiger partial charge in [0.2, 0.25) is 5.89 Å². The second-order valence-corrected chi connectivity index (χ2v) is 8.01. The molecule has 2 heterocycles. The van der Waals surface area contributed by atoms with Crippen molar-refractivity contribution in [2.45, 2.75) is 53.1 Å². The Morgan fingerprint density at radius 1 is 1.13 bits per heavy atom. The fourth-order valence-corrected chi connectivity index (χ4v) is 2.93. The summed E-state index contributed by atoms with van der Waals surface area (Å²) in [6.07, 6.45) is 0. The van der Waals surface area contributed by atoms with Gasteiger partial charge in [0.15, 0.2) is 11.8 Å². The monoisotopic (exact) mass is 523 g/mol. The van der Waals surface area contributed by atoms with Crippen molar-refractivity contribution in [1.29, 1.82) is 0 Å². The van der Waals surface area contributed by atoms with Crippen molar-refractivity contribution in [2.24, 2.45) is 4.99 Å². The molecule has 2 aromatic heterocycles. The summed E-state index contributed by atoms with van der Waals surface area (Å²) >= 11 is 0. The van der Waals surface area contributed by atoms with Gasteiger partial charge in [0.05, 0.1) is 17.9 Å². The second kappa shape index (κ2) is 10.1. The smallest absolute Gasteiger partial charge is 0.232 e. The molecule has 8 nitrogen and oxygen atoms in total. The van der Waals surface area contributed by atoms with Gasteiger partial charge >= 0.3 is 0 Å². The highest BCUT2D eigenvalue weighted by Crippen LogP contribution is 2.19. The summed E-state index contributed by atoms with van der Waals surface area (Å²) in [5.41, 5.74) is 4.10. The van der Waals surface area contributed by atoms with Crippen LogP contribution in [-0.4, -0.2) is 32.9 Å². The average molecular weight is 523 g/mol. The zero-order chi connectivity index (χ0) is 21.0. The molecule has 0 fully saturated rings. The maximum atomic E-state index is 5.33. The number of nitrogens with zero attached hydrogens (tertiary/aromatic N) is 5. The standard InChI is InChI=1S/C21H29N7O.HI/c1-14-11-15(2)28(26-14)17-10-8-7-9-16(17)12-23-20(22-6)24-13-18-25-19(29-27-18)21(3,4)5;/h7-11H,12-13H2,1-6H3,(H2,22,23,24);1H. The molecule has 2 N–H and O–H groups in total. The highest BCUT2D eigenvalue weighted by atomic mass is 127. The number of hydrogen-bond acceptors (Lipinski definition) is 5. The van der Waals surface area contributed by atoms with Gasteiger partial charge in [-0.25, -0.2) is 4.68 Å². The molecule has 0 bridgehead atoms. The summed E-state index contributed by atoms with van der Waals surface area (Å²) in [6, 6.07) is 10.3. The van der Waals surface area contributed by atoms with Gasteiger partial charge in [-0.05, 0) is 31.5 Å². The molecule has 0 aliphatic carbocycles. The molecule has 0 aliphatic heterocycles. The van der Waals surface area contributed by atoms with Gasteiger partial charge in [0.25, 0.3) is 0 Å². The number of aromatic nitrogens is 4. The molecule has 3 rings (SSSR count). The van der Waals surface area contributed by atoms with Gasteiger partial charge in [-0.3, -0.25) is 4.99 Å². The van der Waals surface area contributed by atoms with Crippen molar-refractivity contribution in [3.05, 3.63) is 59.0 Å². The van der Waals surface area contributed by atoms with E-state index in [0.717, 1.165) is 22.6 Å². The van der Waals surface area contributed by atoms with Gasteiger partial charge in [0, 0.05) is 24.7 Å². The zero-order valence-corrected chi connectivity index (χ0v) is 20.7. The Kier molecular flexibility index (Phi) is 7.99. The van der Waals surface area contributed by atoms with Crippen LogP contribution >= 0.6 is 24.0 Å². The fraction of sp³-hybridized carbons (Fsp3) is 0.429.